The molecule has 3 aromatic rings. The van der Waals surface area contributed by atoms with Gasteiger partial charge in [-0.05, 0) is 61.4 Å². The fourth-order valence-corrected chi connectivity index (χ4v) is 8.23. The minimum Gasteiger partial charge on any atom is -0.504 e. The summed E-state index contributed by atoms with van der Waals surface area (Å²) in [6.45, 7) is 2.57. The number of phenolic OH excluding ortho intramolecular Hbond substituents is 1. The van der Waals surface area contributed by atoms with Gasteiger partial charge >= 0.3 is 0 Å². The zero-order chi connectivity index (χ0) is 23.5. The second-order valence-electron chi connectivity index (χ2n) is 11.4. The number of aldehydes is 1. The van der Waals surface area contributed by atoms with Crippen LogP contribution in [0.25, 0.3) is 10.9 Å². The zero-order valence-corrected chi connectivity index (χ0v) is 19.7. The van der Waals surface area contributed by atoms with Gasteiger partial charge in [0, 0.05) is 48.4 Å². The Hall–Kier alpha value is -2.83. The molecule has 0 amide bonds. The normalized spacial score (nSPS) is 32.3. The number of fused-ring (bicyclic) bond motifs is 4. The maximum absolute atomic E-state index is 12.9. The van der Waals surface area contributed by atoms with Gasteiger partial charge in [0.1, 0.15) is 6.29 Å². The molecule has 4 atom stereocenters. The topological polar surface area (TPSA) is 74.9 Å². The van der Waals surface area contributed by atoms with Gasteiger partial charge in [-0.25, -0.2) is 0 Å². The number of carbonyl (C=O) groups is 1. The maximum atomic E-state index is 12.9. The van der Waals surface area contributed by atoms with Crippen molar-refractivity contribution < 1.29 is 19.7 Å². The van der Waals surface area contributed by atoms with E-state index in [2.05, 4.69) is 27.7 Å². The summed E-state index contributed by atoms with van der Waals surface area (Å²) in [6.07, 6.45) is 5.75. The number of benzene rings is 2. The molecule has 2 aromatic carbocycles. The fraction of sp³-hybridized carbons (Fsp3) is 0.483. The highest BCUT2D eigenvalue weighted by molar-refractivity contribution is 5.87. The lowest BCUT2D eigenvalue weighted by Crippen LogP contribution is -2.74. The maximum Gasteiger partial charge on any atom is 0.166 e. The molecular weight excluding hydrogens is 440 g/mol. The third-order valence-electron chi connectivity index (χ3n) is 9.80. The fourth-order valence-electron chi connectivity index (χ4n) is 8.23. The van der Waals surface area contributed by atoms with E-state index in [1.807, 2.05) is 12.1 Å². The number of aliphatic hydroxyl groups is 1. The molecule has 35 heavy (non-hydrogen) atoms. The first-order chi connectivity index (χ1) is 17.1. The van der Waals surface area contributed by atoms with Crippen LogP contribution in [0.2, 0.25) is 0 Å². The van der Waals surface area contributed by atoms with Crippen molar-refractivity contribution in [1.82, 2.24) is 9.47 Å². The summed E-state index contributed by atoms with van der Waals surface area (Å²) < 4.78 is 8.99. The van der Waals surface area contributed by atoms with Gasteiger partial charge < -0.3 is 24.3 Å². The lowest BCUT2D eigenvalue weighted by molar-refractivity contribution is -0.173. The highest BCUT2D eigenvalue weighted by Crippen LogP contribution is 2.69. The largest absolute Gasteiger partial charge is 0.504 e. The molecule has 2 bridgehead atoms. The molecule has 8 rings (SSSR count). The van der Waals surface area contributed by atoms with Crippen LogP contribution >= 0.6 is 0 Å². The molecule has 180 valence electrons. The molecule has 3 heterocycles. The third-order valence-corrected chi connectivity index (χ3v) is 9.80. The number of carbonyl (C=O) groups excluding carboxylic acids is 1. The summed E-state index contributed by atoms with van der Waals surface area (Å²) in [6, 6.07) is 12.2. The van der Waals surface area contributed by atoms with Crippen LogP contribution in [0, 0.1) is 5.92 Å². The number of piperidine rings is 1. The van der Waals surface area contributed by atoms with Crippen LogP contribution in [0.4, 0.5) is 0 Å². The van der Waals surface area contributed by atoms with Crippen molar-refractivity contribution in [2.45, 2.75) is 68.2 Å². The Labute approximate surface area is 204 Å². The van der Waals surface area contributed by atoms with Crippen LogP contribution in [0.1, 0.15) is 54.2 Å². The number of aryl methyl sites for hydroxylation is 1. The average Bonchev–Trinajstić information content (AvgIpc) is 3.53. The lowest BCUT2D eigenvalue weighted by Gasteiger charge is -2.63. The molecule has 1 saturated heterocycles. The first-order valence-corrected chi connectivity index (χ1v) is 13.1. The van der Waals surface area contributed by atoms with Crippen molar-refractivity contribution in [1.29, 1.82) is 0 Å². The summed E-state index contributed by atoms with van der Waals surface area (Å²) in [5.74, 6) is 1.47. The smallest absolute Gasteiger partial charge is 0.166 e. The summed E-state index contributed by atoms with van der Waals surface area (Å²) >= 11 is 0. The van der Waals surface area contributed by atoms with E-state index in [-0.39, 0.29) is 17.9 Å². The van der Waals surface area contributed by atoms with Crippen LogP contribution in [0.15, 0.2) is 36.4 Å². The summed E-state index contributed by atoms with van der Waals surface area (Å²) in [7, 11) is 0. The third kappa shape index (κ3) is 2.35. The minimum absolute atomic E-state index is 0.0242. The number of phenols is 1. The number of para-hydroxylation sites is 1. The first kappa shape index (κ1) is 20.4. The van der Waals surface area contributed by atoms with Crippen molar-refractivity contribution in [2.75, 3.05) is 13.1 Å². The van der Waals surface area contributed by atoms with Gasteiger partial charge in [0.05, 0.1) is 16.7 Å². The highest BCUT2D eigenvalue weighted by atomic mass is 16.5. The van der Waals surface area contributed by atoms with Gasteiger partial charge in [-0.2, -0.15) is 0 Å². The van der Waals surface area contributed by atoms with E-state index in [9.17, 15) is 15.0 Å². The standard InChI is InChI=1S/C29H30N2O4/c32-13-3-11-31-21-5-2-1-4-19(21)20-15-29(34)23-14-18-8-9-22(33)26-24(18)28(29,27(35-26)25(20)31)10-12-30(23)16-17-6-7-17/h1-2,4-5,8-9,13,17,23,27,33-34H,3,6-7,10-12,14-16H2/t23-,27+,28+,29-/m1/s1. The van der Waals surface area contributed by atoms with Crippen LogP contribution < -0.4 is 4.74 Å². The van der Waals surface area contributed by atoms with Crippen LogP contribution in [0.3, 0.4) is 0 Å². The van der Waals surface area contributed by atoms with Crippen LogP contribution in [-0.4, -0.2) is 50.7 Å². The van der Waals surface area contributed by atoms with Gasteiger partial charge in [-0.15, -0.1) is 0 Å². The summed E-state index contributed by atoms with van der Waals surface area (Å²) in [4.78, 5) is 13.9. The van der Waals surface area contributed by atoms with Crippen molar-refractivity contribution in [3.8, 4) is 11.5 Å². The zero-order valence-electron chi connectivity index (χ0n) is 19.7. The molecule has 5 aliphatic rings. The van der Waals surface area contributed by atoms with Gasteiger partial charge in [-0.1, -0.05) is 24.3 Å². The van der Waals surface area contributed by atoms with E-state index in [1.165, 1.54) is 18.4 Å². The number of likely N-dealkylation sites (tertiary alicyclic amines) is 1. The van der Waals surface area contributed by atoms with Crippen molar-refractivity contribution in [2.24, 2.45) is 5.92 Å². The lowest BCUT2D eigenvalue weighted by atomic mass is 9.49. The Morgan fingerprint density at radius 3 is 2.86 bits per heavy atom. The molecule has 3 aliphatic carbocycles. The number of ether oxygens (including phenoxy) is 1. The molecule has 6 heteroatoms. The number of nitrogens with zero attached hydrogens (tertiary/aromatic N) is 2. The number of hydrogen-bond acceptors (Lipinski definition) is 5. The molecule has 2 aliphatic heterocycles. The van der Waals surface area contributed by atoms with E-state index in [1.54, 1.807) is 6.07 Å². The van der Waals surface area contributed by atoms with E-state index in [0.29, 0.717) is 25.1 Å². The van der Waals surface area contributed by atoms with E-state index >= 15 is 0 Å². The molecular formula is C29H30N2O4. The van der Waals surface area contributed by atoms with E-state index < -0.39 is 11.0 Å². The highest BCUT2D eigenvalue weighted by Gasteiger charge is 2.73. The molecule has 2 N–H and O–H groups in total. The van der Waals surface area contributed by atoms with Gasteiger partial charge in [0.15, 0.2) is 17.6 Å². The van der Waals surface area contributed by atoms with Gasteiger partial charge in [-0.3, -0.25) is 4.90 Å². The summed E-state index contributed by atoms with van der Waals surface area (Å²) in [5.41, 5.74) is 3.97. The van der Waals surface area contributed by atoms with E-state index in [0.717, 1.165) is 65.9 Å². The quantitative estimate of drug-likeness (QED) is 0.557. The Morgan fingerprint density at radius 2 is 2.03 bits per heavy atom. The second-order valence-corrected chi connectivity index (χ2v) is 11.4. The van der Waals surface area contributed by atoms with Gasteiger partial charge in [0.25, 0.3) is 0 Å². The molecule has 0 radical (unpaired) electrons. The van der Waals surface area contributed by atoms with Gasteiger partial charge in [0.2, 0.25) is 0 Å². The first-order valence-electron chi connectivity index (χ1n) is 13.1. The number of aromatic hydroxyl groups is 1. The van der Waals surface area contributed by atoms with Crippen molar-refractivity contribution in [3.05, 3.63) is 58.8 Å². The van der Waals surface area contributed by atoms with Crippen LogP contribution in [0.5, 0.6) is 11.5 Å². The van der Waals surface area contributed by atoms with Crippen LogP contribution in [-0.2, 0) is 29.6 Å². The van der Waals surface area contributed by atoms with Crippen molar-refractivity contribution in [3.63, 3.8) is 0 Å². The summed E-state index contributed by atoms with van der Waals surface area (Å²) in [5, 5.41) is 25.0. The SMILES string of the molecule is O=CCCn1c2c(c3ccccc31)C[C@@]1(O)[C@H]3Cc4ccc(O)c5c4[C@@]1(CCN3CC1CC1)[C@H]2O5. The number of hydrogen-bond donors (Lipinski definition) is 2. The Kier molecular flexibility index (Phi) is 3.89. The molecule has 1 aromatic heterocycles. The molecule has 2 fully saturated rings. The molecule has 6 nitrogen and oxygen atoms in total. The van der Waals surface area contributed by atoms with Crippen molar-refractivity contribution >= 4 is 17.2 Å². The average molecular weight is 471 g/mol. The predicted octanol–water partition coefficient (Wildman–Crippen LogP) is 3.64. The molecule has 1 spiro atoms. The number of rotatable bonds is 5. The van der Waals surface area contributed by atoms with E-state index in [4.69, 9.17) is 4.74 Å². The Balaban J connectivity index is 1.42. The minimum atomic E-state index is -0.983. The molecule has 0 unspecified atom stereocenters. The number of aromatic nitrogens is 1. The molecule has 1 saturated carbocycles. The Bertz CT molecular complexity index is 1410. The monoisotopic (exact) mass is 470 g/mol. The predicted molar refractivity (Wildman–Crippen MR) is 131 cm³/mol. The second kappa shape index (κ2) is 6.68. The Morgan fingerprint density at radius 1 is 1.17 bits per heavy atom.